The van der Waals surface area contributed by atoms with Gasteiger partial charge in [0.15, 0.2) is 5.82 Å². The van der Waals surface area contributed by atoms with E-state index in [2.05, 4.69) is 25.5 Å². The highest BCUT2D eigenvalue weighted by Crippen LogP contribution is 2.32. The van der Waals surface area contributed by atoms with Gasteiger partial charge in [-0.1, -0.05) is 6.07 Å². The third-order valence-electron chi connectivity index (χ3n) is 5.57. The van der Waals surface area contributed by atoms with Crippen LogP contribution in [0.1, 0.15) is 12.8 Å². The Kier molecular flexibility index (Phi) is 6.06. The highest BCUT2D eigenvalue weighted by molar-refractivity contribution is 5.85. The number of hydrogen-bond donors (Lipinski definition) is 3. The Bertz CT molecular complexity index is 1040. The van der Waals surface area contributed by atoms with Crippen molar-refractivity contribution in [2.75, 3.05) is 43.9 Å². The third kappa shape index (κ3) is 4.20. The van der Waals surface area contributed by atoms with E-state index in [-0.39, 0.29) is 23.9 Å². The molecule has 8 heteroatoms. The molecule has 2 aromatic carbocycles. The number of anilines is 2. The molecule has 1 aliphatic rings. The Labute approximate surface area is 174 Å². The van der Waals surface area contributed by atoms with Gasteiger partial charge in [0.1, 0.15) is 5.82 Å². The largest absolute Gasteiger partial charge is 0.395 e. The quantitative estimate of drug-likeness (QED) is 0.575. The van der Waals surface area contributed by atoms with Crippen LogP contribution < -0.4 is 10.6 Å². The first-order valence-corrected chi connectivity index (χ1v) is 10.1. The third-order valence-corrected chi connectivity index (χ3v) is 5.57. The van der Waals surface area contributed by atoms with Gasteiger partial charge < -0.3 is 20.6 Å². The van der Waals surface area contributed by atoms with Gasteiger partial charge in [0.2, 0.25) is 5.95 Å². The highest BCUT2D eigenvalue weighted by Gasteiger charge is 2.20. The molecule has 0 bridgehead atoms. The van der Waals surface area contributed by atoms with Crippen molar-refractivity contribution in [2.45, 2.75) is 18.9 Å². The van der Waals surface area contributed by atoms with Crippen LogP contribution in [-0.4, -0.2) is 59.3 Å². The minimum atomic E-state index is -0.622. The summed E-state index contributed by atoms with van der Waals surface area (Å²) >= 11 is 0. The van der Waals surface area contributed by atoms with Crippen molar-refractivity contribution in [3.8, 4) is 11.1 Å². The molecule has 1 fully saturated rings. The number of rotatable bonds is 6. The molecule has 0 unspecified atom stereocenters. The first-order chi connectivity index (χ1) is 14.6. The average Bonchev–Trinajstić information content (AvgIpc) is 2.75. The number of benzene rings is 2. The van der Waals surface area contributed by atoms with E-state index in [1.165, 1.54) is 12.1 Å². The van der Waals surface area contributed by atoms with Crippen LogP contribution >= 0.6 is 0 Å². The van der Waals surface area contributed by atoms with Gasteiger partial charge in [-0.05, 0) is 42.7 Å². The predicted molar refractivity (Wildman–Crippen MR) is 115 cm³/mol. The SMILES string of the molecule is CNc1ccc(F)c(-c2ccc3nc(NC4CCN(CCO)CC4)ncc3c2)c1F. The fourth-order valence-electron chi connectivity index (χ4n) is 3.89. The minimum Gasteiger partial charge on any atom is -0.395 e. The summed E-state index contributed by atoms with van der Waals surface area (Å²) in [6.07, 6.45) is 3.59. The number of aliphatic hydroxyl groups is 1. The summed E-state index contributed by atoms with van der Waals surface area (Å²) in [7, 11) is 1.60. The monoisotopic (exact) mass is 413 g/mol. The lowest BCUT2D eigenvalue weighted by Gasteiger charge is -2.31. The number of fused-ring (bicyclic) bond motifs is 1. The number of piperidine rings is 1. The minimum absolute atomic E-state index is 0.0689. The van der Waals surface area contributed by atoms with E-state index in [0.717, 1.165) is 25.9 Å². The maximum Gasteiger partial charge on any atom is 0.223 e. The number of β-amino-alcohol motifs (C(OH)–C–C–N with tert-alkyl or cyclic N) is 1. The van der Waals surface area contributed by atoms with Crippen LogP contribution in [0.15, 0.2) is 36.5 Å². The van der Waals surface area contributed by atoms with E-state index in [4.69, 9.17) is 5.11 Å². The Morgan fingerprint density at radius 3 is 2.70 bits per heavy atom. The van der Waals surface area contributed by atoms with Gasteiger partial charge in [-0.2, -0.15) is 0 Å². The zero-order valence-electron chi connectivity index (χ0n) is 16.8. The second kappa shape index (κ2) is 8.89. The van der Waals surface area contributed by atoms with Gasteiger partial charge in [0.25, 0.3) is 0 Å². The first kappa shape index (κ1) is 20.4. The Balaban J connectivity index is 1.54. The second-order valence-electron chi connectivity index (χ2n) is 7.48. The van der Waals surface area contributed by atoms with Crippen molar-refractivity contribution in [1.82, 2.24) is 14.9 Å². The topological polar surface area (TPSA) is 73.3 Å². The van der Waals surface area contributed by atoms with Crippen LogP contribution in [0.5, 0.6) is 0 Å². The summed E-state index contributed by atoms with van der Waals surface area (Å²) in [5.41, 5.74) is 1.32. The molecule has 4 rings (SSSR count). The molecule has 0 spiro atoms. The van der Waals surface area contributed by atoms with E-state index in [1.54, 1.807) is 31.4 Å². The summed E-state index contributed by atoms with van der Waals surface area (Å²) in [6, 6.07) is 8.05. The summed E-state index contributed by atoms with van der Waals surface area (Å²) in [6.45, 7) is 2.75. The summed E-state index contributed by atoms with van der Waals surface area (Å²) in [4.78, 5) is 11.2. The molecule has 0 amide bonds. The molecule has 2 heterocycles. The van der Waals surface area contributed by atoms with Crippen LogP contribution in [0, 0.1) is 11.6 Å². The average molecular weight is 413 g/mol. The predicted octanol–water partition coefficient (Wildman–Crippen LogP) is 3.49. The zero-order chi connectivity index (χ0) is 21.1. The second-order valence-corrected chi connectivity index (χ2v) is 7.48. The zero-order valence-corrected chi connectivity index (χ0v) is 16.8. The number of nitrogens with zero attached hydrogens (tertiary/aromatic N) is 3. The van der Waals surface area contributed by atoms with Crippen molar-refractivity contribution in [1.29, 1.82) is 0 Å². The fraction of sp³-hybridized carbons (Fsp3) is 0.364. The molecule has 1 aromatic heterocycles. The van der Waals surface area contributed by atoms with Crippen LogP contribution in [0.25, 0.3) is 22.0 Å². The van der Waals surface area contributed by atoms with E-state index in [0.29, 0.717) is 29.0 Å². The Morgan fingerprint density at radius 2 is 1.97 bits per heavy atom. The number of nitrogens with one attached hydrogen (secondary N) is 2. The maximum absolute atomic E-state index is 14.7. The number of likely N-dealkylation sites (tertiary alicyclic amines) is 1. The van der Waals surface area contributed by atoms with Gasteiger partial charge in [0, 0.05) is 44.3 Å². The molecular weight excluding hydrogens is 388 g/mol. The number of hydrogen-bond acceptors (Lipinski definition) is 6. The lowest BCUT2D eigenvalue weighted by molar-refractivity contribution is 0.168. The number of aliphatic hydroxyl groups excluding tert-OH is 1. The number of halogens is 2. The Morgan fingerprint density at radius 1 is 1.17 bits per heavy atom. The van der Waals surface area contributed by atoms with E-state index >= 15 is 0 Å². The van der Waals surface area contributed by atoms with Gasteiger partial charge in [-0.15, -0.1) is 0 Å². The van der Waals surface area contributed by atoms with Gasteiger partial charge >= 0.3 is 0 Å². The Hall–Kier alpha value is -2.84. The molecule has 6 nitrogen and oxygen atoms in total. The molecule has 0 radical (unpaired) electrons. The summed E-state index contributed by atoms with van der Waals surface area (Å²) in [5, 5.41) is 15.9. The molecule has 1 aliphatic heterocycles. The molecule has 3 N–H and O–H groups in total. The maximum atomic E-state index is 14.7. The summed E-state index contributed by atoms with van der Waals surface area (Å²) in [5.74, 6) is -0.688. The normalized spacial score (nSPS) is 15.5. The molecular formula is C22H25F2N5O. The fourth-order valence-corrected chi connectivity index (χ4v) is 3.89. The van der Waals surface area contributed by atoms with E-state index < -0.39 is 11.6 Å². The lowest BCUT2D eigenvalue weighted by atomic mass is 10.0. The van der Waals surface area contributed by atoms with Crippen LogP contribution in [0.2, 0.25) is 0 Å². The van der Waals surface area contributed by atoms with Crippen molar-refractivity contribution in [3.63, 3.8) is 0 Å². The highest BCUT2D eigenvalue weighted by atomic mass is 19.1. The van der Waals surface area contributed by atoms with Gasteiger partial charge in [0.05, 0.1) is 23.4 Å². The lowest BCUT2D eigenvalue weighted by Crippen LogP contribution is -2.40. The molecule has 3 aromatic rings. The van der Waals surface area contributed by atoms with Crippen LogP contribution in [0.4, 0.5) is 20.4 Å². The van der Waals surface area contributed by atoms with E-state index in [1.807, 2.05) is 0 Å². The molecule has 0 aliphatic carbocycles. The van der Waals surface area contributed by atoms with Crippen molar-refractivity contribution >= 4 is 22.5 Å². The van der Waals surface area contributed by atoms with Crippen LogP contribution in [0.3, 0.4) is 0 Å². The molecule has 1 saturated heterocycles. The molecule has 0 saturated carbocycles. The van der Waals surface area contributed by atoms with Gasteiger partial charge in [-0.25, -0.2) is 18.7 Å². The standard InChI is InChI=1S/C22H25F2N5O/c1-25-19-5-3-17(23)20(21(19)24)14-2-4-18-15(12-14)13-26-22(28-18)27-16-6-8-29(9-7-16)10-11-30/h2-5,12-13,16,25,30H,6-11H2,1H3,(H,26,27,28). The summed E-state index contributed by atoms with van der Waals surface area (Å²) < 4.78 is 29.0. The molecule has 30 heavy (non-hydrogen) atoms. The van der Waals surface area contributed by atoms with Crippen molar-refractivity contribution in [2.24, 2.45) is 0 Å². The number of aromatic nitrogens is 2. The van der Waals surface area contributed by atoms with Gasteiger partial charge in [-0.3, -0.25) is 0 Å². The van der Waals surface area contributed by atoms with Crippen molar-refractivity contribution < 1.29 is 13.9 Å². The first-order valence-electron chi connectivity index (χ1n) is 10.1. The van der Waals surface area contributed by atoms with E-state index in [9.17, 15) is 8.78 Å². The smallest absolute Gasteiger partial charge is 0.223 e. The molecule has 158 valence electrons. The van der Waals surface area contributed by atoms with Crippen molar-refractivity contribution in [3.05, 3.63) is 48.2 Å². The van der Waals surface area contributed by atoms with Crippen LogP contribution in [-0.2, 0) is 0 Å². The molecule has 0 atom stereocenters.